The highest BCUT2D eigenvalue weighted by Gasteiger charge is 2.21. The molecule has 0 atom stereocenters. The fourth-order valence-corrected chi connectivity index (χ4v) is 3.41. The van der Waals surface area contributed by atoms with Crippen molar-refractivity contribution >= 4 is 5.52 Å². The largest absolute Gasteiger partial charge is 0.317 e. The Labute approximate surface area is 134 Å². The summed E-state index contributed by atoms with van der Waals surface area (Å²) in [5, 5.41) is 21.5. The van der Waals surface area contributed by atoms with Crippen LogP contribution in [0, 0.1) is 11.3 Å². The normalized spacial score (nSPS) is 15.8. The van der Waals surface area contributed by atoms with Crippen molar-refractivity contribution in [2.24, 2.45) is 7.05 Å². The van der Waals surface area contributed by atoms with Crippen LogP contribution in [0.1, 0.15) is 29.9 Å². The molecule has 0 aliphatic carbocycles. The van der Waals surface area contributed by atoms with Crippen LogP contribution in [0.25, 0.3) is 16.6 Å². The van der Waals surface area contributed by atoms with Crippen LogP contribution < -0.4 is 5.32 Å². The molecule has 6 nitrogen and oxygen atoms in total. The molecule has 0 spiro atoms. The summed E-state index contributed by atoms with van der Waals surface area (Å²) in [5.74, 6) is 0.458. The minimum atomic E-state index is 0.458. The van der Waals surface area contributed by atoms with Crippen LogP contribution in [0.2, 0.25) is 0 Å². The molecule has 3 aromatic heterocycles. The lowest BCUT2D eigenvalue weighted by Crippen LogP contribution is -2.27. The van der Waals surface area contributed by atoms with E-state index in [0.29, 0.717) is 11.5 Å². The van der Waals surface area contributed by atoms with Crippen molar-refractivity contribution in [3.05, 3.63) is 42.0 Å². The smallest absolute Gasteiger partial charge is 0.103 e. The average Bonchev–Trinajstić information content (AvgIpc) is 3.20. The molecule has 116 valence electrons. The second kappa shape index (κ2) is 5.52. The predicted octanol–water partition coefficient (Wildman–Crippen LogP) is 2.07. The van der Waals surface area contributed by atoms with E-state index in [1.54, 1.807) is 10.9 Å². The van der Waals surface area contributed by atoms with Crippen LogP contribution in [-0.4, -0.2) is 32.5 Å². The van der Waals surface area contributed by atoms with Crippen LogP contribution in [0.3, 0.4) is 0 Å². The van der Waals surface area contributed by atoms with Crippen molar-refractivity contribution in [1.82, 2.24) is 24.7 Å². The Kier molecular flexibility index (Phi) is 3.36. The summed E-state index contributed by atoms with van der Waals surface area (Å²) in [6.45, 7) is 2.04. The van der Waals surface area contributed by atoms with Gasteiger partial charge in [0.2, 0.25) is 0 Å². The maximum Gasteiger partial charge on any atom is 0.103 e. The zero-order valence-corrected chi connectivity index (χ0v) is 13.0. The molecule has 4 rings (SSSR count). The molecule has 6 heteroatoms. The van der Waals surface area contributed by atoms with Gasteiger partial charge < -0.3 is 5.32 Å². The quantitative estimate of drug-likeness (QED) is 0.787. The summed E-state index contributed by atoms with van der Waals surface area (Å²) < 4.78 is 3.64. The highest BCUT2D eigenvalue weighted by atomic mass is 15.2. The Balaban J connectivity index is 1.92. The van der Waals surface area contributed by atoms with Gasteiger partial charge in [0.05, 0.1) is 23.5 Å². The van der Waals surface area contributed by atoms with Crippen molar-refractivity contribution in [3.8, 4) is 17.2 Å². The highest BCUT2D eigenvalue weighted by molar-refractivity contribution is 5.72. The van der Waals surface area contributed by atoms with E-state index in [-0.39, 0.29) is 0 Å². The number of aryl methyl sites for hydroxylation is 1. The van der Waals surface area contributed by atoms with Gasteiger partial charge in [0.1, 0.15) is 6.07 Å². The lowest BCUT2D eigenvalue weighted by Gasteiger charge is -2.24. The van der Waals surface area contributed by atoms with E-state index in [0.717, 1.165) is 42.6 Å². The Bertz CT molecular complexity index is 892. The maximum atomic E-state index is 9.41. The number of pyridine rings is 1. The molecule has 1 fully saturated rings. The number of fused-ring (bicyclic) bond motifs is 1. The average molecular weight is 306 g/mol. The summed E-state index contributed by atoms with van der Waals surface area (Å²) in [7, 11) is 1.91. The number of piperidine rings is 1. The Morgan fingerprint density at radius 2 is 2.00 bits per heavy atom. The third kappa shape index (κ3) is 2.39. The molecule has 23 heavy (non-hydrogen) atoms. The van der Waals surface area contributed by atoms with Gasteiger partial charge in [-0.15, -0.1) is 0 Å². The summed E-state index contributed by atoms with van der Waals surface area (Å²) in [6, 6.07) is 4.49. The van der Waals surface area contributed by atoms with Gasteiger partial charge in [0, 0.05) is 30.6 Å². The number of rotatable bonds is 2. The monoisotopic (exact) mass is 306 g/mol. The highest BCUT2D eigenvalue weighted by Crippen LogP contribution is 2.33. The van der Waals surface area contributed by atoms with Crippen LogP contribution in [-0.2, 0) is 7.05 Å². The van der Waals surface area contributed by atoms with Crippen molar-refractivity contribution < 1.29 is 0 Å². The molecule has 1 N–H and O–H groups in total. The maximum absolute atomic E-state index is 9.41. The van der Waals surface area contributed by atoms with Gasteiger partial charge in [0.15, 0.2) is 0 Å². The van der Waals surface area contributed by atoms with Crippen LogP contribution >= 0.6 is 0 Å². The number of hydrogen-bond acceptors (Lipinski definition) is 4. The first-order valence-corrected chi connectivity index (χ1v) is 7.87. The molecular weight excluding hydrogens is 288 g/mol. The molecule has 1 aliphatic heterocycles. The second-order valence-corrected chi connectivity index (χ2v) is 6.07. The number of nitrogens with zero attached hydrogens (tertiary/aromatic N) is 5. The Morgan fingerprint density at radius 3 is 2.70 bits per heavy atom. The van der Waals surface area contributed by atoms with E-state index >= 15 is 0 Å². The SMILES string of the molecule is Cn1cc(-c2cc(C3CCNCC3)c3c(C#N)cnn3c2)cn1. The van der Waals surface area contributed by atoms with Crippen molar-refractivity contribution in [2.45, 2.75) is 18.8 Å². The third-order valence-electron chi connectivity index (χ3n) is 4.58. The lowest BCUT2D eigenvalue weighted by molar-refractivity contribution is 0.461. The first-order chi connectivity index (χ1) is 11.3. The number of nitrogens with one attached hydrogen (secondary N) is 1. The predicted molar refractivity (Wildman–Crippen MR) is 87.0 cm³/mol. The fourth-order valence-electron chi connectivity index (χ4n) is 3.41. The zero-order chi connectivity index (χ0) is 15.8. The Hall–Kier alpha value is -2.65. The van der Waals surface area contributed by atoms with Gasteiger partial charge in [-0.25, -0.2) is 4.52 Å². The van der Waals surface area contributed by atoms with E-state index in [9.17, 15) is 5.26 Å². The standard InChI is InChI=1S/C17H18N6/c1-22-10-15(9-20-22)13-6-16(12-2-4-19-5-3-12)17-14(7-18)8-21-23(17)11-13/h6,8-12,19H,2-5H2,1H3. The molecule has 0 aromatic carbocycles. The molecule has 0 bridgehead atoms. The van der Waals surface area contributed by atoms with Gasteiger partial charge >= 0.3 is 0 Å². The minimum Gasteiger partial charge on any atom is -0.317 e. The molecule has 0 amide bonds. The van der Waals surface area contributed by atoms with E-state index in [1.807, 2.05) is 30.2 Å². The molecule has 0 radical (unpaired) electrons. The van der Waals surface area contributed by atoms with E-state index in [1.165, 1.54) is 5.56 Å². The molecule has 4 heterocycles. The topological polar surface area (TPSA) is 70.9 Å². The van der Waals surface area contributed by atoms with E-state index in [2.05, 4.69) is 27.6 Å². The molecule has 1 saturated heterocycles. The lowest BCUT2D eigenvalue weighted by atomic mass is 9.88. The third-order valence-corrected chi connectivity index (χ3v) is 4.58. The van der Waals surface area contributed by atoms with Gasteiger partial charge in [-0.3, -0.25) is 4.68 Å². The second-order valence-electron chi connectivity index (χ2n) is 6.07. The summed E-state index contributed by atoms with van der Waals surface area (Å²) in [4.78, 5) is 0. The molecule has 1 aliphatic rings. The Morgan fingerprint density at radius 1 is 1.17 bits per heavy atom. The summed E-state index contributed by atoms with van der Waals surface area (Å²) in [6.07, 6.45) is 9.68. The van der Waals surface area contributed by atoms with Gasteiger partial charge in [-0.05, 0) is 43.5 Å². The molecule has 0 saturated carbocycles. The number of aromatic nitrogens is 4. The summed E-state index contributed by atoms with van der Waals surface area (Å²) in [5.41, 5.74) is 4.98. The van der Waals surface area contributed by atoms with Crippen LogP contribution in [0.4, 0.5) is 0 Å². The minimum absolute atomic E-state index is 0.458. The van der Waals surface area contributed by atoms with Gasteiger partial charge in [-0.1, -0.05) is 0 Å². The molecule has 0 unspecified atom stereocenters. The van der Waals surface area contributed by atoms with Crippen molar-refractivity contribution in [2.75, 3.05) is 13.1 Å². The molecule has 3 aromatic rings. The van der Waals surface area contributed by atoms with E-state index < -0.39 is 0 Å². The van der Waals surface area contributed by atoms with E-state index in [4.69, 9.17) is 0 Å². The van der Waals surface area contributed by atoms with Gasteiger partial charge in [0.25, 0.3) is 0 Å². The molecular formula is C17H18N6. The zero-order valence-electron chi connectivity index (χ0n) is 13.0. The van der Waals surface area contributed by atoms with Crippen molar-refractivity contribution in [3.63, 3.8) is 0 Å². The first kappa shape index (κ1) is 14.0. The summed E-state index contributed by atoms with van der Waals surface area (Å²) >= 11 is 0. The van der Waals surface area contributed by atoms with Gasteiger partial charge in [-0.2, -0.15) is 15.5 Å². The van der Waals surface area contributed by atoms with Crippen LogP contribution in [0.15, 0.2) is 30.9 Å². The van der Waals surface area contributed by atoms with Crippen LogP contribution in [0.5, 0.6) is 0 Å². The first-order valence-electron chi connectivity index (χ1n) is 7.87. The van der Waals surface area contributed by atoms with Crippen molar-refractivity contribution in [1.29, 1.82) is 5.26 Å². The number of nitriles is 1. The number of hydrogen-bond donors (Lipinski definition) is 1. The fraction of sp³-hybridized carbons (Fsp3) is 0.353.